The Hall–Kier alpha value is -8.16. The molecule has 0 aromatic heterocycles. The summed E-state index contributed by atoms with van der Waals surface area (Å²) in [5, 5.41) is 0. The van der Waals surface area contributed by atoms with Crippen LogP contribution >= 0.6 is 0 Å². The molecule has 0 fully saturated rings. The molecule has 0 aliphatic heterocycles. The molecule has 0 heterocycles. The second kappa shape index (κ2) is 67.7. The van der Waals surface area contributed by atoms with Gasteiger partial charge >= 0.3 is 77.8 Å². The molecule has 0 aliphatic carbocycles. The maximum Gasteiger partial charge on any atom is 0.682 e. The number of rotatable bonds is 60. The van der Waals surface area contributed by atoms with Crippen LogP contribution in [0.15, 0.2) is 0 Å². The lowest BCUT2D eigenvalue weighted by molar-refractivity contribution is -0.181. The third-order valence-corrected chi connectivity index (χ3v) is 17.9. The zero-order valence-corrected chi connectivity index (χ0v) is 68.6. The zero-order chi connectivity index (χ0) is 85.4. The highest BCUT2D eigenvalue weighted by molar-refractivity contribution is 6.55. The highest BCUT2D eigenvalue weighted by Crippen LogP contribution is 2.30. The van der Waals surface area contributed by atoms with E-state index < -0.39 is 213 Å². The van der Waals surface area contributed by atoms with Crippen LogP contribution in [0.2, 0.25) is 0 Å². The van der Waals surface area contributed by atoms with E-state index in [1.807, 2.05) is 55.0 Å². The Morgan fingerprint density at radius 1 is 0.227 bits per heavy atom. The average molecular weight is 1620 g/mol. The van der Waals surface area contributed by atoms with Crippen molar-refractivity contribution in [2.75, 3.05) is 66.1 Å². The lowest BCUT2D eigenvalue weighted by Crippen LogP contribution is -2.61. The van der Waals surface area contributed by atoms with Gasteiger partial charge in [-0.2, -0.15) is 0 Å². The molecule has 8 unspecified atom stereocenters. The molecule has 0 spiro atoms. The predicted octanol–water partition coefficient (Wildman–Crippen LogP) is 5.56. The highest BCUT2D eigenvalue weighted by atomic mass is 28.4. The number of carbonyl (C=O) groups excluding carboxylic acids is 19. The second-order valence-corrected chi connectivity index (χ2v) is 27.0. The molecule has 0 rings (SSSR count). The fourth-order valence-electron chi connectivity index (χ4n) is 8.11. The summed E-state index contributed by atoms with van der Waals surface area (Å²) in [6.07, 6.45) is -15.7. The fourth-order valence-corrected chi connectivity index (χ4v) is 13.1. The van der Waals surface area contributed by atoms with Crippen LogP contribution in [0.3, 0.4) is 0 Å². The SMILES string of the molecule is C=O.C=O.C=O.CCCCOC(=O)CC(O[Si](OC(CC(C)=O)C(C)=O)(OC(CC(C)=O)C(=O)OCCCC)OC(CC(=O)OCCCC)C(=O)OCCCC)C(=O)OCCCC.CCOC(=O)CC(O[Si](OC(CC(C)=O)C(C)=O)(OC(CC(C)=O)C(=O)OCC)OC(CC(=O)OCC)C(=O)OCC)C(=O)OCC. The van der Waals surface area contributed by atoms with E-state index in [1.54, 1.807) is 0 Å². The van der Waals surface area contributed by atoms with Crippen molar-refractivity contribution in [2.45, 2.75) is 275 Å². The van der Waals surface area contributed by atoms with E-state index in [0.717, 1.165) is 41.5 Å². The first-order chi connectivity index (χ1) is 52.1. The second-order valence-electron chi connectivity index (χ2n) is 23.1. The van der Waals surface area contributed by atoms with E-state index in [0.29, 0.717) is 64.2 Å². The first-order valence-electron chi connectivity index (χ1n) is 36.1. The minimum absolute atomic E-state index is 0.000132. The molecule has 0 amide bonds. The number of hydrogen-bond donors (Lipinski definition) is 0. The molecule has 0 saturated carbocycles. The summed E-state index contributed by atoms with van der Waals surface area (Å²) in [5.74, 6) is -14.6. The summed E-state index contributed by atoms with van der Waals surface area (Å²) in [6, 6.07) is 0. The normalized spacial score (nSPS) is 13.8. The Balaban J connectivity index is -0.000000635. The lowest BCUT2D eigenvalue weighted by Gasteiger charge is -2.36. The Morgan fingerprint density at radius 3 is 0.573 bits per heavy atom. The summed E-state index contributed by atoms with van der Waals surface area (Å²) in [7, 11) is -11.2. The van der Waals surface area contributed by atoms with Gasteiger partial charge < -0.3 is 97.2 Å². The van der Waals surface area contributed by atoms with E-state index >= 15 is 0 Å². The monoisotopic (exact) mass is 1620 g/mol. The molecular formula is C71H118O37Si2. The van der Waals surface area contributed by atoms with E-state index in [4.69, 9.17) is 97.2 Å². The van der Waals surface area contributed by atoms with Crippen LogP contribution in [0.1, 0.15) is 226 Å². The van der Waals surface area contributed by atoms with Gasteiger partial charge in [0.15, 0.2) is 48.2 Å². The topological polar surface area (TPSA) is 490 Å². The van der Waals surface area contributed by atoms with E-state index in [9.17, 15) is 76.7 Å². The van der Waals surface area contributed by atoms with Crippen molar-refractivity contribution in [1.82, 2.24) is 0 Å². The largest absolute Gasteiger partial charge is 0.682 e. The Bertz CT molecular complexity index is 2660. The van der Waals surface area contributed by atoms with E-state index in [1.165, 1.54) is 34.6 Å². The predicted molar refractivity (Wildman–Crippen MR) is 385 cm³/mol. The first-order valence-corrected chi connectivity index (χ1v) is 39.3. The molecule has 39 heteroatoms. The summed E-state index contributed by atoms with van der Waals surface area (Å²) in [5.41, 5.74) is 0. The minimum Gasteiger partial charge on any atom is -0.466 e. The molecule has 0 N–H and O–H groups in total. The third kappa shape index (κ3) is 52.9. The van der Waals surface area contributed by atoms with Crippen molar-refractivity contribution in [3.63, 3.8) is 0 Å². The summed E-state index contributed by atoms with van der Waals surface area (Å²) in [4.78, 5) is 231. The van der Waals surface area contributed by atoms with Gasteiger partial charge in [-0.25, -0.2) is 28.8 Å². The summed E-state index contributed by atoms with van der Waals surface area (Å²) >= 11 is 0. The van der Waals surface area contributed by atoms with Crippen molar-refractivity contribution in [3.05, 3.63) is 0 Å². The number of carbonyl (C=O) groups is 19. The van der Waals surface area contributed by atoms with Crippen LogP contribution in [0.5, 0.6) is 0 Å². The van der Waals surface area contributed by atoms with E-state index in [-0.39, 0.29) is 66.1 Å². The van der Waals surface area contributed by atoms with E-state index in [2.05, 4.69) is 0 Å². The van der Waals surface area contributed by atoms with Gasteiger partial charge in [0.05, 0.1) is 91.8 Å². The molecule has 632 valence electrons. The van der Waals surface area contributed by atoms with Gasteiger partial charge in [0.25, 0.3) is 0 Å². The van der Waals surface area contributed by atoms with Gasteiger partial charge in [-0.3, -0.25) is 47.9 Å². The highest BCUT2D eigenvalue weighted by Gasteiger charge is 2.60. The quantitative estimate of drug-likeness (QED) is 0.0311. The fraction of sp³-hybridized carbons (Fsp3) is 0.732. The number of unbranched alkanes of at least 4 members (excludes halogenated alkanes) is 5. The maximum absolute atomic E-state index is 13.7. The number of ketones is 6. The molecule has 0 aliphatic rings. The van der Waals surface area contributed by atoms with Gasteiger partial charge in [0, 0.05) is 25.7 Å². The van der Waals surface area contributed by atoms with Gasteiger partial charge in [-0.1, -0.05) is 66.7 Å². The Morgan fingerprint density at radius 2 is 0.391 bits per heavy atom. The van der Waals surface area contributed by atoms with Crippen LogP contribution in [0, 0.1) is 0 Å². The molecule has 0 aromatic carbocycles. The lowest BCUT2D eigenvalue weighted by atomic mass is 10.1. The molecule has 110 heavy (non-hydrogen) atoms. The maximum atomic E-state index is 13.7. The van der Waals surface area contributed by atoms with Crippen molar-refractivity contribution in [1.29, 1.82) is 0 Å². The van der Waals surface area contributed by atoms with Crippen molar-refractivity contribution >= 4 is 133 Å². The molecule has 8 atom stereocenters. The molecule has 0 bridgehead atoms. The van der Waals surface area contributed by atoms with Crippen molar-refractivity contribution in [3.8, 4) is 0 Å². The molecule has 0 saturated heterocycles. The molecule has 37 nitrogen and oxygen atoms in total. The van der Waals surface area contributed by atoms with Crippen molar-refractivity contribution < 1.29 is 174 Å². The van der Waals surface area contributed by atoms with Crippen molar-refractivity contribution in [2.24, 2.45) is 0 Å². The smallest absolute Gasteiger partial charge is 0.466 e. The van der Waals surface area contributed by atoms with Crippen LogP contribution in [0.25, 0.3) is 0 Å². The third-order valence-electron chi connectivity index (χ3n) is 13.3. The van der Waals surface area contributed by atoms with Crippen LogP contribution in [0.4, 0.5) is 0 Å². The first kappa shape index (κ1) is 110. The molecular weight excluding hydrogens is 1500 g/mol. The Kier molecular flexibility index (Phi) is 68.0. The Labute approximate surface area is 645 Å². The standard InChI is InChI=1S/C39H66O17Si.C29H46O17Si.3CH2O/c1-9-14-19-48-35(43)26-33(38(46)51-22-17-12-4)55-57(53-31(30(8)42)24-28(6)40,54-32(25-29(7)41)37(45)50-21-16-11-3)56-34(39(47)52-23-18-13-5)27-36(44)49-20-15-10-2;1-9-38-25(33)16-23(28(36)41-12-4)45-47(43-21(20(8)32)14-18(6)30,44-22(15-19(7)31)27(35)40-11-3)46-24(29(37)42-13-5)17-26(34)39-10-2;3*1-2/h31-34H,9-27H2,1-8H3;21-24H,9-17H2,1-8H3;3*1H2. The van der Waals surface area contributed by atoms with Crippen LogP contribution < -0.4 is 0 Å². The average Bonchev–Trinajstić information content (AvgIpc) is 0.802. The van der Waals surface area contributed by atoms with Gasteiger partial charge in [-0.05, 0) is 108 Å². The zero-order valence-electron chi connectivity index (χ0n) is 66.6. The van der Waals surface area contributed by atoms with Crippen LogP contribution in [-0.4, -0.2) is 248 Å². The van der Waals surface area contributed by atoms with Gasteiger partial charge in [-0.15, -0.1) is 0 Å². The molecule has 0 aromatic rings. The number of Topliss-reactive ketones (excluding diaryl/α,β-unsaturated/α-hetero) is 6. The number of esters is 10. The van der Waals surface area contributed by atoms with Crippen LogP contribution in [-0.2, 0) is 174 Å². The summed E-state index contributed by atoms with van der Waals surface area (Å²) in [6.45, 7) is 28.2. The van der Waals surface area contributed by atoms with Gasteiger partial charge in [0.2, 0.25) is 0 Å². The number of hydrogen-bond acceptors (Lipinski definition) is 37. The molecule has 0 radical (unpaired) electrons. The minimum atomic E-state index is -5.63. The summed E-state index contributed by atoms with van der Waals surface area (Å²) < 4.78 is 100. The number of ether oxygens (including phenoxy) is 10. The van der Waals surface area contributed by atoms with Gasteiger partial charge in [0.1, 0.15) is 55.7 Å².